The summed E-state index contributed by atoms with van der Waals surface area (Å²) < 4.78 is 21.3. The molecule has 168 valence electrons. The summed E-state index contributed by atoms with van der Waals surface area (Å²) in [4.78, 5) is 17.3. The summed E-state index contributed by atoms with van der Waals surface area (Å²) in [6.07, 6.45) is 2.13. The number of hydrogen-bond donors (Lipinski definition) is 0. The monoisotopic (exact) mass is 447 g/mol. The van der Waals surface area contributed by atoms with Gasteiger partial charge in [-0.25, -0.2) is 4.39 Å². The first-order valence-electron chi connectivity index (χ1n) is 11.0. The molecule has 2 unspecified atom stereocenters. The second-order valence-electron chi connectivity index (χ2n) is 8.08. The first-order valence-corrected chi connectivity index (χ1v) is 11.9. The molecule has 31 heavy (non-hydrogen) atoms. The molecule has 0 N–H and O–H groups in total. The molecule has 1 amide bonds. The van der Waals surface area contributed by atoms with Crippen LogP contribution in [0.1, 0.15) is 26.7 Å². The molecule has 2 aromatic rings. The fraction of sp³-hybridized carbons (Fsp3) is 0.591. The molecule has 4 rings (SSSR count). The number of benzene rings is 1. The quantitative estimate of drug-likeness (QED) is 0.608. The second kappa shape index (κ2) is 10.1. The Hall–Kier alpha value is -1.97. The van der Waals surface area contributed by atoms with E-state index in [-0.39, 0.29) is 23.1 Å². The lowest BCUT2D eigenvalue weighted by Gasteiger charge is -2.35. The summed E-state index contributed by atoms with van der Waals surface area (Å²) in [5.74, 6) is 0.524. The molecule has 0 saturated carbocycles. The summed E-state index contributed by atoms with van der Waals surface area (Å²) in [5, 5.41) is 9.22. The van der Waals surface area contributed by atoms with Gasteiger partial charge in [0.2, 0.25) is 5.91 Å². The van der Waals surface area contributed by atoms with Crippen LogP contribution in [0.4, 0.5) is 4.39 Å². The first-order chi connectivity index (χ1) is 15.0. The Morgan fingerprint density at radius 1 is 1.23 bits per heavy atom. The van der Waals surface area contributed by atoms with E-state index in [9.17, 15) is 9.18 Å². The van der Waals surface area contributed by atoms with Crippen LogP contribution in [-0.4, -0.2) is 81.2 Å². The van der Waals surface area contributed by atoms with E-state index in [0.717, 1.165) is 57.7 Å². The summed E-state index contributed by atoms with van der Waals surface area (Å²) in [6.45, 7) is 9.86. The molecule has 0 aliphatic carbocycles. The van der Waals surface area contributed by atoms with Crippen molar-refractivity contribution in [3.8, 4) is 11.4 Å². The Kier molecular flexibility index (Phi) is 7.24. The maximum absolute atomic E-state index is 13.4. The van der Waals surface area contributed by atoms with E-state index in [1.54, 1.807) is 12.1 Å². The van der Waals surface area contributed by atoms with Crippen molar-refractivity contribution in [2.45, 2.75) is 49.7 Å². The standard InChI is InChI=1S/C22H30FN5O2S/c1-3-26-10-12-27(13-11-26)21(29)16(2)31-22-25-24-20(17-6-8-18(23)9-7-17)28(22)15-19-5-4-14-30-19/h6-9,16,19H,3-5,10-15H2,1-2H3. The number of rotatable bonds is 7. The third kappa shape index (κ3) is 5.27. The van der Waals surface area contributed by atoms with Gasteiger partial charge in [-0.3, -0.25) is 9.36 Å². The molecule has 2 aliphatic rings. The van der Waals surface area contributed by atoms with Gasteiger partial charge >= 0.3 is 0 Å². The minimum absolute atomic E-state index is 0.0997. The summed E-state index contributed by atoms with van der Waals surface area (Å²) in [6, 6.07) is 6.27. The third-order valence-corrected chi connectivity index (χ3v) is 7.06. The molecule has 3 heterocycles. The zero-order valence-electron chi connectivity index (χ0n) is 18.2. The number of likely N-dealkylation sites (N-methyl/N-ethyl adjacent to an activating group) is 1. The van der Waals surface area contributed by atoms with Gasteiger partial charge in [-0.2, -0.15) is 0 Å². The van der Waals surface area contributed by atoms with E-state index in [4.69, 9.17) is 4.74 Å². The number of carbonyl (C=O) groups is 1. The molecule has 2 fully saturated rings. The van der Waals surface area contributed by atoms with Crippen LogP contribution in [-0.2, 0) is 16.1 Å². The van der Waals surface area contributed by atoms with Crippen molar-refractivity contribution in [1.82, 2.24) is 24.6 Å². The van der Waals surface area contributed by atoms with Gasteiger partial charge in [-0.15, -0.1) is 10.2 Å². The lowest BCUT2D eigenvalue weighted by molar-refractivity contribution is -0.132. The molecule has 1 aromatic heterocycles. The molecular weight excluding hydrogens is 417 g/mol. The first kappa shape index (κ1) is 22.2. The van der Waals surface area contributed by atoms with Crippen LogP contribution in [0.25, 0.3) is 11.4 Å². The number of amides is 1. The van der Waals surface area contributed by atoms with Gasteiger partial charge in [0.25, 0.3) is 0 Å². The van der Waals surface area contributed by atoms with Crippen molar-refractivity contribution in [3.05, 3.63) is 30.1 Å². The van der Waals surface area contributed by atoms with Crippen molar-refractivity contribution >= 4 is 17.7 Å². The molecule has 7 nitrogen and oxygen atoms in total. The van der Waals surface area contributed by atoms with E-state index in [1.165, 1.54) is 23.9 Å². The Morgan fingerprint density at radius 2 is 1.97 bits per heavy atom. The van der Waals surface area contributed by atoms with Crippen molar-refractivity contribution in [2.24, 2.45) is 0 Å². The molecule has 0 bridgehead atoms. The van der Waals surface area contributed by atoms with Crippen molar-refractivity contribution in [2.75, 3.05) is 39.3 Å². The lowest BCUT2D eigenvalue weighted by atomic mass is 10.2. The van der Waals surface area contributed by atoms with Crippen LogP contribution in [0.2, 0.25) is 0 Å². The number of halogens is 1. The normalized spacial score (nSPS) is 20.9. The average Bonchev–Trinajstić information content (AvgIpc) is 3.45. The second-order valence-corrected chi connectivity index (χ2v) is 9.39. The highest BCUT2D eigenvalue weighted by Crippen LogP contribution is 2.29. The topological polar surface area (TPSA) is 63.5 Å². The fourth-order valence-electron chi connectivity index (χ4n) is 4.10. The summed E-state index contributed by atoms with van der Waals surface area (Å²) >= 11 is 1.44. The van der Waals surface area contributed by atoms with Gasteiger partial charge < -0.3 is 14.5 Å². The number of hydrogen-bond acceptors (Lipinski definition) is 6. The summed E-state index contributed by atoms with van der Waals surface area (Å²) in [5.41, 5.74) is 0.799. The van der Waals surface area contributed by atoms with Crippen LogP contribution in [0.3, 0.4) is 0 Å². The number of thioether (sulfide) groups is 1. The van der Waals surface area contributed by atoms with Crippen molar-refractivity contribution < 1.29 is 13.9 Å². The van der Waals surface area contributed by atoms with Crippen molar-refractivity contribution in [3.63, 3.8) is 0 Å². The van der Waals surface area contributed by atoms with E-state index < -0.39 is 0 Å². The number of ether oxygens (including phenoxy) is 1. The van der Waals surface area contributed by atoms with E-state index in [2.05, 4.69) is 22.0 Å². The number of nitrogens with zero attached hydrogens (tertiary/aromatic N) is 5. The Balaban J connectivity index is 1.51. The van der Waals surface area contributed by atoms with Gasteiger partial charge in [-0.1, -0.05) is 18.7 Å². The predicted molar refractivity (Wildman–Crippen MR) is 118 cm³/mol. The fourth-order valence-corrected chi connectivity index (χ4v) is 5.04. The minimum atomic E-state index is -0.286. The molecule has 2 aliphatic heterocycles. The zero-order valence-corrected chi connectivity index (χ0v) is 19.0. The number of aromatic nitrogens is 3. The summed E-state index contributed by atoms with van der Waals surface area (Å²) in [7, 11) is 0. The van der Waals surface area contributed by atoms with Crippen LogP contribution in [0.15, 0.2) is 29.4 Å². The maximum Gasteiger partial charge on any atom is 0.235 e. The molecule has 9 heteroatoms. The average molecular weight is 448 g/mol. The predicted octanol–water partition coefficient (Wildman–Crippen LogP) is 2.91. The Labute approximate surface area is 186 Å². The van der Waals surface area contributed by atoms with Gasteiger partial charge in [0.05, 0.1) is 17.9 Å². The zero-order chi connectivity index (χ0) is 21.8. The van der Waals surface area contributed by atoms with E-state index in [1.807, 2.05) is 16.4 Å². The molecule has 0 spiro atoms. The van der Waals surface area contributed by atoms with Crippen LogP contribution in [0, 0.1) is 5.82 Å². The van der Waals surface area contributed by atoms with Gasteiger partial charge in [0, 0.05) is 38.3 Å². The van der Waals surface area contributed by atoms with Crippen LogP contribution < -0.4 is 0 Å². The maximum atomic E-state index is 13.4. The smallest absolute Gasteiger partial charge is 0.235 e. The van der Waals surface area contributed by atoms with E-state index >= 15 is 0 Å². The molecular formula is C22H30FN5O2S. The van der Waals surface area contributed by atoms with Gasteiger partial charge in [0.15, 0.2) is 11.0 Å². The number of carbonyl (C=O) groups excluding carboxylic acids is 1. The largest absolute Gasteiger partial charge is 0.376 e. The lowest BCUT2D eigenvalue weighted by Crippen LogP contribution is -2.50. The molecule has 2 saturated heterocycles. The van der Waals surface area contributed by atoms with E-state index in [0.29, 0.717) is 17.5 Å². The Morgan fingerprint density at radius 3 is 2.61 bits per heavy atom. The minimum Gasteiger partial charge on any atom is -0.376 e. The third-order valence-electron chi connectivity index (χ3n) is 5.99. The van der Waals surface area contributed by atoms with Crippen LogP contribution in [0.5, 0.6) is 0 Å². The van der Waals surface area contributed by atoms with Gasteiger partial charge in [0.1, 0.15) is 5.82 Å². The highest BCUT2D eigenvalue weighted by Gasteiger charge is 2.28. The molecule has 0 radical (unpaired) electrons. The van der Waals surface area contributed by atoms with Crippen LogP contribution >= 0.6 is 11.8 Å². The highest BCUT2D eigenvalue weighted by molar-refractivity contribution is 8.00. The highest BCUT2D eigenvalue weighted by atomic mass is 32.2. The Bertz CT molecular complexity index is 877. The number of piperazine rings is 1. The van der Waals surface area contributed by atoms with Crippen molar-refractivity contribution in [1.29, 1.82) is 0 Å². The molecule has 2 atom stereocenters. The molecule has 1 aromatic carbocycles. The SMILES string of the molecule is CCN1CCN(C(=O)C(C)Sc2nnc(-c3ccc(F)cc3)n2CC2CCCO2)CC1. The van der Waals surface area contributed by atoms with Gasteiger partial charge in [-0.05, 0) is 50.6 Å².